The molecule has 1 spiro atoms. The van der Waals surface area contributed by atoms with Gasteiger partial charge in [0.2, 0.25) is 0 Å². The van der Waals surface area contributed by atoms with E-state index >= 15 is 0 Å². The Bertz CT molecular complexity index is 2400. The zero-order valence-corrected chi connectivity index (χ0v) is 26.7. The van der Waals surface area contributed by atoms with E-state index in [0.29, 0.717) is 17.5 Å². The zero-order chi connectivity index (χ0) is 31.0. The average molecular weight is 636 g/mol. The van der Waals surface area contributed by atoms with Crippen LogP contribution in [-0.2, 0) is 5.41 Å². The Balaban J connectivity index is 1.33. The van der Waals surface area contributed by atoms with E-state index in [9.17, 15) is 0 Å². The van der Waals surface area contributed by atoms with Crippen LogP contribution in [0.15, 0.2) is 161 Å². The predicted octanol–water partition coefficient (Wildman–Crippen LogP) is 10.9. The van der Waals surface area contributed by atoms with Gasteiger partial charge in [-0.3, -0.25) is 0 Å². The van der Waals surface area contributed by atoms with Crippen LogP contribution in [-0.4, -0.2) is 15.0 Å². The summed E-state index contributed by atoms with van der Waals surface area (Å²) in [5.74, 6) is 2.02. The van der Waals surface area contributed by atoms with Crippen LogP contribution in [0.1, 0.15) is 22.3 Å². The Kier molecular flexibility index (Phi) is 5.89. The topological polar surface area (TPSA) is 38.7 Å². The van der Waals surface area contributed by atoms with Crippen molar-refractivity contribution in [2.75, 3.05) is 0 Å². The van der Waals surface area contributed by atoms with E-state index in [0.717, 1.165) is 22.1 Å². The quantitative estimate of drug-likeness (QED) is 0.194. The summed E-state index contributed by atoms with van der Waals surface area (Å²) in [5.41, 5.74) is 10.3. The van der Waals surface area contributed by atoms with Gasteiger partial charge in [-0.15, -0.1) is 11.3 Å². The number of aromatic nitrogens is 3. The van der Waals surface area contributed by atoms with Crippen molar-refractivity contribution in [3.8, 4) is 45.3 Å². The highest BCUT2D eigenvalue weighted by molar-refractivity contribution is 7.99. The highest BCUT2D eigenvalue weighted by atomic mass is 32.2. The first kappa shape index (κ1) is 26.8. The minimum atomic E-state index is -0.477. The Morgan fingerprint density at radius 3 is 1.62 bits per heavy atom. The maximum absolute atomic E-state index is 5.20. The lowest BCUT2D eigenvalue weighted by Gasteiger charge is -2.39. The lowest BCUT2D eigenvalue weighted by molar-refractivity contribution is 0.723. The summed E-state index contributed by atoms with van der Waals surface area (Å²) in [6.45, 7) is 0. The molecule has 0 radical (unpaired) electrons. The van der Waals surface area contributed by atoms with E-state index in [4.69, 9.17) is 15.0 Å². The van der Waals surface area contributed by atoms with Gasteiger partial charge in [-0.25, -0.2) is 15.0 Å². The van der Waals surface area contributed by atoms with Crippen LogP contribution < -0.4 is 0 Å². The molecule has 1 aliphatic carbocycles. The Hall–Kier alpha value is -5.36. The first-order valence-electron chi connectivity index (χ1n) is 15.7. The highest BCUT2D eigenvalue weighted by Gasteiger charge is 2.51. The largest absolute Gasteiger partial charge is 0.208 e. The maximum Gasteiger partial charge on any atom is 0.164 e. The Morgan fingerprint density at radius 2 is 0.979 bits per heavy atom. The zero-order valence-electron chi connectivity index (χ0n) is 25.1. The van der Waals surface area contributed by atoms with Gasteiger partial charge < -0.3 is 0 Å². The predicted molar refractivity (Wildman–Crippen MR) is 193 cm³/mol. The number of thiophene rings is 1. The molecule has 0 unspecified atom stereocenters. The molecule has 0 saturated heterocycles. The summed E-state index contributed by atoms with van der Waals surface area (Å²) < 4.78 is 1.26. The molecule has 3 heterocycles. The molecule has 0 saturated carbocycles. The lowest BCUT2D eigenvalue weighted by atomic mass is 9.67. The average Bonchev–Trinajstić information content (AvgIpc) is 3.74. The van der Waals surface area contributed by atoms with Gasteiger partial charge >= 0.3 is 0 Å². The van der Waals surface area contributed by atoms with Gasteiger partial charge in [-0.05, 0) is 57.5 Å². The Labute approximate surface area is 280 Å². The number of hydrogen-bond acceptors (Lipinski definition) is 5. The highest BCUT2D eigenvalue weighted by Crippen LogP contribution is 2.64. The first-order valence-corrected chi connectivity index (χ1v) is 17.4. The third-order valence-electron chi connectivity index (χ3n) is 9.49. The lowest BCUT2D eigenvalue weighted by Crippen LogP contribution is -2.32. The fourth-order valence-electron chi connectivity index (χ4n) is 7.56. The number of nitrogens with zero attached hydrogens (tertiary/aromatic N) is 3. The third kappa shape index (κ3) is 3.84. The molecule has 2 aromatic heterocycles. The first-order chi connectivity index (χ1) is 23.3. The molecular weight excluding hydrogens is 611 g/mol. The monoisotopic (exact) mass is 635 g/mol. The van der Waals surface area contributed by atoms with Crippen LogP contribution in [0.3, 0.4) is 0 Å². The molecule has 8 aromatic rings. The van der Waals surface area contributed by atoms with Gasteiger partial charge in [0.05, 0.1) is 5.41 Å². The minimum Gasteiger partial charge on any atom is -0.208 e. The molecule has 47 heavy (non-hydrogen) atoms. The summed E-state index contributed by atoms with van der Waals surface area (Å²) in [6.07, 6.45) is 0. The molecule has 5 heteroatoms. The third-order valence-corrected chi connectivity index (χ3v) is 11.6. The second kappa shape index (κ2) is 10.3. The second-order valence-corrected chi connectivity index (χ2v) is 13.9. The van der Waals surface area contributed by atoms with Crippen LogP contribution in [0.5, 0.6) is 0 Å². The van der Waals surface area contributed by atoms with Crippen LogP contribution in [0.4, 0.5) is 0 Å². The van der Waals surface area contributed by atoms with Gasteiger partial charge in [-0.2, -0.15) is 0 Å². The van der Waals surface area contributed by atoms with Crippen molar-refractivity contribution >= 4 is 33.2 Å². The van der Waals surface area contributed by atoms with Crippen LogP contribution in [0.25, 0.3) is 55.4 Å². The van der Waals surface area contributed by atoms with E-state index in [1.807, 2.05) is 48.2 Å². The van der Waals surface area contributed by atoms with Gasteiger partial charge in [0, 0.05) is 42.1 Å². The van der Waals surface area contributed by atoms with Crippen LogP contribution >= 0.6 is 23.1 Å². The molecule has 1 aliphatic heterocycles. The fraction of sp³-hybridized carbons (Fsp3) is 0.0238. The van der Waals surface area contributed by atoms with E-state index in [-0.39, 0.29) is 0 Å². The molecule has 0 bridgehead atoms. The van der Waals surface area contributed by atoms with Crippen LogP contribution in [0, 0.1) is 0 Å². The van der Waals surface area contributed by atoms with Gasteiger partial charge in [0.15, 0.2) is 17.5 Å². The molecule has 0 fully saturated rings. The normalized spacial score (nSPS) is 13.6. The van der Waals surface area contributed by atoms with E-state index in [2.05, 4.69) is 115 Å². The molecule has 2 aliphatic rings. The summed E-state index contributed by atoms with van der Waals surface area (Å²) in [5, 5.41) is 3.37. The van der Waals surface area contributed by atoms with E-state index in [1.165, 1.54) is 47.9 Å². The number of fused-ring (bicyclic) bond motifs is 11. The molecule has 0 atom stereocenters. The molecule has 6 aromatic carbocycles. The maximum atomic E-state index is 5.20. The van der Waals surface area contributed by atoms with E-state index < -0.39 is 5.41 Å². The van der Waals surface area contributed by atoms with Crippen molar-refractivity contribution < 1.29 is 0 Å². The van der Waals surface area contributed by atoms with Gasteiger partial charge in [-0.1, -0.05) is 133 Å². The van der Waals surface area contributed by atoms with Crippen molar-refractivity contribution in [3.05, 3.63) is 173 Å². The van der Waals surface area contributed by atoms with Crippen molar-refractivity contribution in [1.82, 2.24) is 15.0 Å². The fourth-order valence-corrected chi connectivity index (χ4v) is 9.73. The molecule has 10 rings (SSSR count). The number of hydrogen-bond donors (Lipinski definition) is 0. The molecule has 0 amide bonds. The van der Waals surface area contributed by atoms with Gasteiger partial charge in [0.1, 0.15) is 0 Å². The summed E-state index contributed by atoms with van der Waals surface area (Å²) >= 11 is 3.67. The number of benzene rings is 6. The van der Waals surface area contributed by atoms with E-state index in [1.54, 1.807) is 11.3 Å². The Morgan fingerprint density at radius 1 is 0.447 bits per heavy atom. The summed E-state index contributed by atoms with van der Waals surface area (Å²) in [7, 11) is 0. The van der Waals surface area contributed by atoms with Crippen molar-refractivity contribution in [3.63, 3.8) is 0 Å². The molecule has 3 nitrogen and oxygen atoms in total. The standard InChI is InChI=1S/C42H25N3S2/c1-3-13-26(14-4-1)39-43-40(27-15-5-2-6-16-27)45-41(44-39)30-25-34-37(38-28(30)23-24-46-38)29-17-7-8-18-31(29)42(34)32-19-9-11-21-35(32)47-36-22-12-10-20-33(36)42/h1-25H. The summed E-state index contributed by atoms with van der Waals surface area (Å²) in [4.78, 5) is 18.0. The number of rotatable bonds is 3. The van der Waals surface area contributed by atoms with Gasteiger partial charge in [0.25, 0.3) is 0 Å². The smallest absolute Gasteiger partial charge is 0.164 e. The second-order valence-electron chi connectivity index (χ2n) is 11.9. The van der Waals surface area contributed by atoms with Crippen molar-refractivity contribution in [2.24, 2.45) is 0 Å². The molecule has 0 N–H and O–H groups in total. The molecule has 220 valence electrons. The van der Waals surface area contributed by atoms with Crippen LogP contribution in [0.2, 0.25) is 0 Å². The summed E-state index contributed by atoms with van der Waals surface area (Å²) in [6, 6.07) is 51.9. The van der Waals surface area contributed by atoms with Crippen molar-refractivity contribution in [1.29, 1.82) is 0 Å². The van der Waals surface area contributed by atoms with Crippen molar-refractivity contribution in [2.45, 2.75) is 15.2 Å². The molecular formula is C42H25N3S2. The SMILES string of the molecule is c1ccc(-c2nc(-c3ccccc3)nc(-c3cc4c(c5sccc35)-c3ccccc3C43c4ccccc4Sc4ccccc43)n2)cc1. The minimum absolute atomic E-state index is 0.477.